The number of aryl methyl sites for hydroxylation is 1. The minimum absolute atomic E-state index is 0. The molecule has 2 aromatic carbocycles. The Kier molecular flexibility index (Phi) is 8.90. The molecule has 0 saturated carbocycles. The average molecular weight is 507 g/mol. The van der Waals surface area contributed by atoms with Crippen molar-refractivity contribution in [1.82, 2.24) is 9.88 Å². The lowest BCUT2D eigenvalue weighted by Crippen LogP contribution is -2.29. The first-order valence-electron chi connectivity index (χ1n) is 11.6. The van der Waals surface area contributed by atoms with Crippen molar-refractivity contribution in [2.24, 2.45) is 0 Å². The van der Waals surface area contributed by atoms with Gasteiger partial charge in [-0.05, 0) is 75.0 Å². The van der Waals surface area contributed by atoms with E-state index >= 15 is 0 Å². The lowest BCUT2D eigenvalue weighted by molar-refractivity contribution is 0.271. The predicted octanol–water partition coefficient (Wildman–Crippen LogP) is 5.90. The molecule has 0 bridgehead atoms. The molecule has 0 aliphatic carbocycles. The van der Waals surface area contributed by atoms with Crippen LogP contribution < -0.4 is 0 Å². The maximum absolute atomic E-state index is 12.3. The van der Waals surface area contributed by atoms with Crippen molar-refractivity contribution in [2.45, 2.75) is 50.5 Å². The van der Waals surface area contributed by atoms with Gasteiger partial charge in [0.05, 0.1) is 23.0 Å². The zero-order chi connectivity index (χ0) is 23.4. The summed E-state index contributed by atoms with van der Waals surface area (Å²) >= 11 is 0. The van der Waals surface area contributed by atoms with Crippen LogP contribution in [-0.4, -0.2) is 49.9 Å². The van der Waals surface area contributed by atoms with Crippen LogP contribution in [0, 0.1) is 6.92 Å². The van der Waals surface area contributed by atoms with Gasteiger partial charge in [0, 0.05) is 24.6 Å². The van der Waals surface area contributed by atoms with Crippen molar-refractivity contribution < 1.29 is 17.2 Å². The van der Waals surface area contributed by atoms with Crippen molar-refractivity contribution in [3.05, 3.63) is 60.0 Å². The number of oxazole rings is 1. The van der Waals surface area contributed by atoms with E-state index in [4.69, 9.17) is 9.40 Å². The molecular weight excluding hydrogens is 475 g/mol. The third-order valence-corrected chi connectivity index (χ3v) is 8.26. The predicted molar refractivity (Wildman–Crippen MR) is 136 cm³/mol. The summed E-state index contributed by atoms with van der Waals surface area (Å²) in [6, 6.07) is 15.3. The average Bonchev–Trinajstić information content (AvgIpc) is 3.41. The second kappa shape index (κ2) is 11.5. The third-order valence-electron chi connectivity index (χ3n) is 6.44. The van der Waals surface area contributed by atoms with Crippen molar-refractivity contribution in [3.8, 4) is 22.6 Å². The first-order valence-corrected chi connectivity index (χ1v) is 13.2. The van der Waals surface area contributed by atoms with Gasteiger partial charge in [-0.15, -0.1) is 12.4 Å². The smallest absolute Gasteiger partial charge is 0.226 e. The lowest BCUT2D eigenvalue weighted by Gasteiger charge is -2.20. The van der Waals surface area contributed by atoms with Gasteiger partial charge in [-0.1, -0.05) is 24.3 Å². The van der Waals surface area contributed by atoms with Crippen LogP contribution in [0.3, 0.4) is 0 Å². The van der Waals surface area contributed by atoms with Crippen LogP contribution in [0.4, 0.5) is 4.39 Å². The van der Waals surface area contributed by atoms with Crippen LogP contribution in [0.15, 0.2) is 57.8 Å². The summed E-state index contributed by atoms with van der Waals surface area (Å²) in [4.78, 5) is 7.48. The first-order chi connectivity index (χ1) is 15.9. The topological polar surface area (TPSA) is 63.4 Å². The first kappa shape index (κ1) is 26.4. The van der Waals surface area contributed by atoms with Gasteiger partial charge >= 0.3 is 0 Å². The molecule has 5 nitrogen and oxygen atoms in total. The fourth-order valence-electron chi connectivity index (χ4n) is 4.38. The highest BCUT2D eigenvalue weighted by Crippen LogP contribution is 2.27. The lowest BCUT2D eigenvalue weighted by atomic mass is 10.0. The van der Waals surface area contributed by atoms with Gasteiger partial charge in [-0.3, -0.25) is 4.39 Å². The molecule has 0 amide bonds. The van der Waals surface area contributed by atoms with Gasteiger partial charge in [0.1, 0.15) is 5.76 Å². The van der Waals surface area contributed by atoms with Crippen molar-refractivity contribution >= 4 is 22.2 Å². The maximum Gasteiger partial charge on any atom is 0.226 e. The van der Waals surface area contributed by atoms with Gasteiger partial charge < -0.3 is 9.32 Å². The Bertz CT molecular complexity index is 1180. The fraction of sp³-hybridized carbons (Fsp3) is 0.423. The van der Waals surface area contributed by atoms with Gasteiger partial charge in [0.2, 0.25) is 5.89 Å². The molecule has 1 saturated heterocycles. The van der Waals surface area contributed by atoms with Crippen molar-refractivity contribution in [1.29, 1.82) is 0 Å². The number of benzene rings is 2. The zero-order valence-corrected chi connectivity index (χ0v) is 21.3. The van der Waals surface area contributed by atoms with E-state index < -0.39 is 16.5 Å². The highest BCUT2D eigenvalue weighted by molar-refractivity contribution is 7.91. The zero-order valence-electron chi connectivity index (χ0n) is 19.7. The molecule has 4 rings (SSSR count). The van der Waals surface area contributed by atoms with Crippen LogP contribution in [0.2, 0.25) is 0 Å². The molecule has 0 spiro atoms. The minimum Gasteiger partial charge on any atom is -0.441 e. The quantitative estimate of drug-likeness (QED) is 0.361. The Hall–Kier alpha value is -2.22. The largest absolute Gasteiger partial charge is 0.441 e. The molecule has 8 heteroatoms. The number of aromatic nitrogens is 1. The van der Waals surface area contributed by atoms with E-state index in [0.29, 0.717) is 11.9 Å². The van der Waals surface area contributed by atoms with E-state index in [1.807, 2.05) is 31.2 Å². The summed E-state index contributed by atoms with van der Waals surface area (Å²) < 4.78 is 42.7. The molecule has 184 valence electrons. The SMILES string of the molecule is Cc1oc(-c2ccc(-c3ccc(S(=O)(=O)CCCF)cc3)cc2)nc1CCN1CCCC1C.Cl. The maximum atomic E-state index is 12.3. The fourth-order valence-corrected chi connectivity index (χ4v) is 5.66. The summed E-state index contributed by atoms with van der Waals surface area (Å²) in [5.74, 6) is 1.31. The van der Waals surface area contributed by atoms with Crippen LogP contribution in [-0.2, 0) is 16.3 Å². The summed E-state index contributed by atoms with van der Waals surface area (Å²) in [6.07, 6.45) is 3.45. The molecule has 1 unspecified atom stereocenters. The van der Waals surface area contributed by atoms with Crippen molar-refractivity contribution in [3.63, 3.8) is 0 Å². The van der Waals surface area contributed by atoms with Gasteiger partial charge in [0.25, 0.3) is 0 Å². The van der Waals surface area contributed by atoms with E-state index in [1.165, 1.54) is 12.8 Å². The molecule has 1 aliphatic heterocycles. The Morgan fingerprint density at radius 2 is 1.68 bits per heavy atom. The van der Waals surface area contributed by atoms with Gasteiger partial charge in [0.15, 0.2) is 9.84 Å². The summed E-state index contributed by atoms with van der Waals surface area (Å²) in [6.45, 7) is 5.79. The second-order valence-corrected chi connectivity index (χ2v) is 10.9. The normalized spacial score (nSPS) is 16.5. The molecule has 1 atom stereocenters. The van der Waals surface area contributed by atoms with Crippen molar-refractivity contribution in [2.75, 3.05) is 25.5 Å². The summed E-state index contributed by atoms with van der Waals surface area (Å²) in [7, 11) is -3.44. The van der Waals surface area contributed by atoms with Gasteiger partial charge in [-0.25, -0.2) is 13.4 Å². The molecule has 0 N–H and O–H groups in total. The van der Waals surface area contributed by atoms with E-state index in [9.17, 15) is 12.8 Å². The Morgan fingerprint density at radius 1 is 1.06 bits per heavy atom. The number of alkyl halides is 1. The third kappa shape index (κ3) is 6.06. The molecule has 1 fully saturated rings. The minimum atomic E-state index is -3.44. The number of halogens is 2. The van der Waals surface area contributed by atoms with Crippen LogP contribution in [0.25, 0.3) is 22.6 Å². The van der Waals surface area contributed by atoms with Crippen LogP contribution in [0.5, 0.6) is 0 Å². The van der Waals surface area contributed by atoms with Crippen LogP contribution >= 0.6 is 12.4 Å². The molecule has 2 heterocycles. The molecule has 0 radical (unpaired) electrons. The Morgan fingerprint density at radius 3 is 2.26 bits per heavy atom. The van der Waals surface area contributed by atoms with E-state index in [0.717, 1.165) is 47.7 Å². The molecular formula is C26H32ClFN2O3S. The molecule has 1 aliphatic rings. The molecule has 1 aromatic heterocycles. The highest BCUT2D eigenvalue weighted by Gasteiger charge is 2.21. The van der Waals surface area contributed by atoms with Gasteiger partial charge in [-0.2, -0.15) is 0 Å². The Labute approximate surface area is 207 Å². The second-order valence-electron chi connectivity index (χ2n) is 8.76. The van der Waals surface area contributed by atoms with E-state index in [1.54, 1.807) is 24.3 Å². The summed E-state index contributed by atoms with van der Waals surface area (Å²) in [5.41, 5.74) is 3.80. The monoisotopic (exact) mass is 506 g/mol. The van der Waals surface area contributed by atoms with E-state index in [-0.39, 0.29) is 29.5 Å². The number of hydrogen-bond acceptors (Lipinski definition) is 5. The highest BCUT2D eigenvalue weighted by atomic mass is 35.5. The number of sulfone groups is 1. The summed E-state index contributed by atoms with van der Waals surface area (Å²) in [5, 5.41) is 0. The molecule has 3 aromatic rings. The number of rotatable bonds is 9. The standard InChI is InChI=1S/C26H31FN2O3S.ClH/c1-19-5-3-16-29(19)17-14-25-20(2)32-26(28-25)23-8-6-21(7-9-23)22-10-12-24(13-11-22)33(30,31)18-4-15-27;/h6-13,19H,3-5,14-18H2,1-2H3;1H. The number of nitrogens with zero attached hydrogens (tertiary/aromatic N) is 2. The van der Waals surface area contributed by atoms with E-state index in [2.05, 4.69) is 11.8 Å². The molecule has 34 heavy (non-hydrogen) atoms. The number of likely N-dealkylation sites (tertiary alicyclic amines) is 1. The Balaban J connectivity index is 0.00000324. The van der Waals surface area contributed by atoms with Crippen LogP contribution in [0.1, 0.15) is 37.6 Å². The number of hydrogen-bond donors (Lipinski definition) is 0.